The maximum atomic E-state index is 12.2. The predicted octanol–water partition coefficient (Wildman–Crippen LogP) is 7.42. The fraction of sp³-hybridized carbons (Fsp3) is 0.345. The van der Waals surface area contributed by atoms with Crippen molar-refractivity contribution in [3.63, 3.8) is 0 Å². The molecule has 4 heteroatoms. The van der Waals surface area contributed by atoms with Gasteiger partial charge in [-0.1, -0.05) is 84.0 Å². The lowest BCUT2D eigenvalue weighted by Crippen LogP contribution is -2.19. The molecule has 0 bridgehead atoms. The van der Waals surface area contributed by atoms with E-state index in [1.807, 2.05) is 54.6 Å². The van der Waals surface area contributed by atoms with Crippen LogP contribution in [0, 0.1) is 0 Å². The Morgan fingerprint density at radius 1 is 0.697 bits per heavy atom. The van der Waals surface area contributed by atoms with Crippen LogP contribution in [0.2, 0.25) is 0 Å². The average molecular weight is 445 g/mol. The summed E-state index contributed by atoms with van der Waals surface area (Å²) in [5, 5.41) is 16.6. The van der Waals surface area contributed by atoms with Crippen LogP contribution >= 0.6 is 0 Å². The van der Waals surface area contributed by atoms with Gasteiger partial charge in [0.2, 0.25) is 0 Å². The van der Waals surface area contributed by atoms with Gasteiger partial charge in [0.15, 0.2) is 0 Å². The van der Waals surface area contributed by atoms with Gasteiger partial charge in [-0.3, -0.25) is 0 Å². The molecule has 2 amide bonds. The third-order valence-corrected chi connectivity index (χ3v) is 5.73. The molecular formula is C29H36N2O2. The Hall–Kier alpha value is -3.27. The number of phenolic OH excluding ortho intramolecular Hbond substituents is 1. The fourth-order valence-electron chi connectivity index (χ4n) is 3.84. The molecular weight excluding hydrogens is 408 g/mol. The topological polar surface area (TPSA) is 61.4 Å². The number of hydrogen-bond acceptors (Lipinski definition) is 2. The molecule has 0 aliphatic heterocycles. The highest BCUT2D eigenvalue weighted by Gasteiger charge is 2.26. The molecule has 0 saturated carbocycles. The molecule has 4 nitrogen and oxygen atoms in total. The molecule has 0 unspecified atom stereocenters. The summed E-state index contributed by atoms with van der Waals surface area (Å²) >= 11 is 0. The molecule has 3 N–H and O–H groups in total. The first-order valence-corrected chi connectivity index (χ1v) is 11.5. The number of carbonyl (C=O) groups excluding carboxylic acids is 1. The molecule has 3 aromatic carbocycles. The summed E-state index contributed by atoms with van der Waals surface area (Å²) in [5.74, 6) is 0.419. The minimum Gasteiger partial charge on any atom is -0.507 e. The lowest BCUT2D eigenvalue weighted by atomic mass is 9.78. The number of phenols is 1. The number of aromatic hydroxyl groups is 1. The van der Waals surface area contributed by atoms with E-state index in [1.54, 1.807) is 0 Å². The molecule has 33 heavy (non-hydrogen) atoms. The zero-order valence-electron chi connectivity index (χ0n) is 20.6. The first kappa shape index (κ1) is 24.4. The van der Waals surface area contributed by atoms with E-state index in [0.717, 1.165) is 35.3 Å². The molecule has 0 spiro atoms. The summed E-state index contributed by atoms with van der Waals surface area (Å²) in [6.07, 6.45) is 1.77. The van der Waals surface area contributed by atoms with Crippen LogP contribution in [0.3, 0.4) is 0 Å². The van der Waals surface area contributed by atoms with Crippen molar-refractivity contribution in [2.45, 2.75) is 65.2 Å². The molecule has 0 fully saturated rings. The van der Waals surface area contributed by atoms with Gasteiger partial charge in [-0.05, 0) is 70.2 Å². The number of benzene rings is 3. The number of amides is 2. The van der Waals surface area contributed by atoms with Crippen LogP contribution in [0.25, 0.3) is 0 Å². The largest absolute Gasteiger partial charge is 0.507 e. The number of anilines is 2. The van der Waals surface area contributed by atoms with Crippen molar-refractivity contribution in [3.05, 3.63) is 89.0 Å². The smallest absolute Gasteiger partial charge is 0.323 e. The van der Waals surface area contributed by atoms with Crippen LogP contribution in [0.15, 0.2) is 66.7 Å². The first-order valence-electron chi connectivity index (χ1n) is 11.5. The van der Waals surface area contributed by atoms with Gasteiger partial charge in [-0.25, -0.2) is 4.79 Å². The van der Waals surface area contributed by atoms with Gasteiger partial charge in [0.05, 0.1) is 0 Å². The highest BCUT2D eigenvalue weighted by Crippen LogP contribution is 2.40. The molecule has 3 rings (SSSR count). The highest BCUT2D eigenvalue weighted by molar-refractivity contribution is 5.99. The van der Waals surface area contributed by atoms with Crippen molar-refractivity contribution in [2.75, 3.05) is 10.6 Å². The van der Waals surface area contributed by atoms with Gasteiger partial charge in [-0.2, -0.15) is 0 Å². The third kappa shape index (κ3) is 6.61. The van der Waals surface area contributed by atoms with Crippen LogP contribution in [-0.2, 0) is 23.7 Å². The summed E-state index contributed by atoms with van der Waals surface area (Å²) < 4.78 is 0. The summed E-state index contributed by atoms with van der Waals surface area (Å²) in [7, 11) is 0. The molecule has 0 radical (unpaired) electrons. The quantitative estimate of drug-likeness (QED) is 0.383. The molecule has 0 atom stereocenters. The number of hydrogen-bond donors (Lipinski definition) is 3. The zero-order chi connectivity index (χ0) is 24.2. The van der Waals surface area contributed by atoms with E-state index in [9.17, 15) is 9.90 Å². The summed E-state index contributed by atoms with van der Waals surface area (Å²) in [6.45, 7) is 12.8. The Morgan fingerprint density at radius 2 is 1.15 bits per heavy atom. The third-order valence-electron chi connectivity index (χ3n) is 5.73. The highest BCUT2D eigenvalue weighted by atomic mass is 16.3. The molecule has 174 valence electrons. The van der Waals surface area contributed by atoms with Crippen molar-refractivity contribution in [1.29, 1.82) is 0 Å². The fourth-order valence-corrected chi connectivity index (χ4v) is 3.84. The van der Waals surface area contributed by atoms with Crippen molar-refractivity contribution in [2.24, 2.45) is 0 Å². The Bertz CT molecular complexity index is 1050. The van der Waals surface area contributed by atoms with Gasteiger partial charge < -0.3 is 15.7 Å². The molecule has 0 aliphatic rings. The van der Waals surface area contributed by atoms with E-state index in [1.165, 1.54) is 11.1 Å². The standard InChI is InChI=1S/C29H36N2O2/c1-28(2,3)24-18-21(19-25(26(24)32)29(4,5)6)13-12-20-14-16-23(17-15-20)31-27(33)30-22-10-8-7-9-11-22/h7-11,14-19,32H,12-13H2,1-6H3,(H2,30,31,33). The number of carbonyl (C=O) groups is 1. The minimum absolute atomic E-state index is 0.131. The van der Waals surface area contributed by atoms with E-state index >= 15 is 0 Å². The van der Waals surface area contributed by atoms with Gasteiger partial charge in [0.25, 0.3) is 0 Å². The van der Waals surface area contributed by atoms with E-state index in [-0.39, 0.29) is 16.9 Å². The summed E-state index contributed by atoms with van der Waals surface area (Å²) in [4.78, 5) is 12.2. The number of urea groups is 1. The zero-order valence-corrected chi connectivity index (χ0v) is 20.6. The molecule has 0 heterocycles. The average Bonchev–Trinajstić information content (AvgIpc) is 2.73. The maximum Gasteiger partial charge on any atom is 0.323 e. The summed E-state index contributed by atoms with van der Waals surface area (Å²) in [5.41, 5.74) is 5.66. The Kier molecular flexibility index (Phi) is 7.16. The van der Waals surface area contributed by atoms with Crippen LogP contribution in [0.1, 0.15) is 63.8 Å². The van der Waals surface area contributed by atoms with Crippen LogP contribution in [0.5, 0.6) is 5.75 Å². The number of aryl methyl sites for hydroxylation is 2. The Labute approximate surface area is 198 Å². The van der Waals surface area contributed by atoms with E-state index in [0.29, 0.717) is 5.75 Å². The van der Waals surface area contributed by atoms with Gasteiger partial charge in [-0.15, -0.1) is 0 Å². The lowest BCUT2D eigenvalue weighted by molar-refractivity contribution is 0.262. The second-order valence-corrected chi connectivity index (χ2v) is 10.7. The Balaban J connectivity index is 1.68. The van der Waals surface area contributed by atoms with E-state index in [2.05, 4.69) is 64.3 Å². The maximum absolute atomic E-state index is 12.2. The van der Waals surface area contributed by atoms with E-state index < -0.39 is 0 Å². The van der Waals surface area contributed by atoms with Crippen molar-refractivity contribution in [3.8, 4) is 5.75 Å². The van der Waals surface area contributed by atoms with Gasteiger partial charge in [0, 0.05) is 11.4 Å². The van der Waals surface area contributed by atoms with E-state index in [4.69, 9.17) is 0 Å². The molecule has 0 aliphatic carbocycles. The molecule has 0 aromatic heterocycles. The minimum atomic E-state index is -0.262. The van der Waals surface area contributed by atoms with Gasteiger partial charge in [0.1, 0.15) is 5.75 Å². The number of rotatable bonds is 5. The Morgan fingerprint density at radius 3 is 1.64 bits per heavy atom. The van der Waals surface area contributed by atoms with Crippen molar-refractivity contribution >= 4 is 17.4 Å². The van der Waals surface area contributed by atoms with Crippen molar-refractivity contribution < 1.29 is 9.90 Å². The number of para-hydroxylation sites is 1. The van der Waals surface area contributed by atoms with Crippen LogP contribution < -0.4 is 10.6 Å². The number of nitrogens with one attached hydrogen (secondary N) is 2. The van der Waals surface area contributed by atoms with Crippen LogP contribution in [0.4, 0.5) is 16.2 Å². The lowest BCUT2D eigenvalue weighted by Gasteiger charge is -2.28. The monoisotopic (exact) mass is 444 g/mol. The van der Waals surface area contributed by atoms with Gasteiger partial charge >= 0.3 is 6.03 Å². The molecule has 0 saturated heterocycles. The van der Waals surface area contributed by atoms with Crippen molar-refractivity contribution in [1.82, 2.24) is 0 Å². The summed E-state index contributed by atoms with van der Waals surface area (Å²) in [6, 6.07) is 21.4. The predicted molar refractivity (Wildman–Crippen MR) is 138 cm³/mol. The SMILES string of the molecule is CC(C)(C)c1cc(CCc2ccc(NC(=O)Nc3ccccc3)cc2)cc(C(C)(C)C)c1O. The second-order valence-electron chi connectivity index (χ2n) is 10.7. The normalized spacial score (nSPS) is 11.8. The molecule has 3 aromatic rings. The second kappa shape index (κ2) is 9.70. The first-order chi connectivity index (χ1) is 15.4. The van der Waals surface area contributed by atoms with Crippen LogP contribution in [-0.4, -0.2) is 11.1 Å².